The number of piperidine rings is 3. The van der Waals surface area contributed by atoms with Gasteiger partial charge in [-0.25, -0.2) is 0 Å². The van der Waals surface area contributed by atoms with Gasteiger partial charge in [0.15, 0.2) is 5.78 Å². The molecular formula is C20H23NO2. The van der Waals surface area contributed by atoms with E-state index in [2.05, 4.69) is 16.7 Å². The number of carbonyl (C=O) groups excluding carboxylic acids is 1. The van der Waals surface area contributed by atoms with Crippen molar-refractivity contribution >= 4 is 11.4 Å². The van der Waals surface area contributed by atoms with Crippen molar-refractivity contribution in [3.8, 4) is 11.8 Å². The predicted molar refractivity (Wildman–Crippen MR) is 91.5 cm³/mol. The summed E-state index contributed by atoms with van der Waals surface area (Å²) in [6, 6.07) is 10.2. The van der Waals surface area contributed by atoms with Crippen LogP contribution < -0.4 is 0 Å². The van der Waals surface area contributed by atoms with Crippen LogP contribution in [0.1, 0.15) is 25.3 Å². The van der Waals surface area contributed by atoms with Crippen LogP contribution in [0.15, 0.2) is 36.4 Å². The maximum absolute atomic E-state index is 11.5. The summed E-state index contributed by atoms with van der Waals surface area (Å²) in [7, 11) is 0. The van der Waals surface area contributed by atoms with Gasteiger partial charge in [-0.1, -0.05) is 42.2 Å². The first-order valence-corrected chi connectivity index (χ1v) is 8.31. The zero-order chi connectivity index (χ0) is 16.2. The molecule has 1 unspecified atom stereocenters. The number of carbonyl (C=O) groups is 1. The van der Waals surface area contributed by atoms with E-state index in [1.807, 2.05) is 30.3 Å². The average Bonchev–Trinajstić information content (AvgIpc) is 2.59. The highest BCUT2D eigenvalue weighted by atomic mass is 16.3. The second-order valence-electron chi connectivity index (χ2n) is 6.53. The lowest BCUT2D eigenvalue weighted by Crippen LogP contribution is -2.54. The normalized spacial score (nSPS) is 29.7. The molecule has 3 fully saturated rings. The van der Waals surface area contributed by atoms with Crippen LogP contribution in [-0.4, -0.2) is 41.5 Å². The molecule has 0 saturated carbocycles. The molecule has 0 aromatic heterocycles. The quantitative estimate of drug-likeness (QED) is 0.688. The summed E-state index contributed by atoms with van der Waals surface area (Å²) < 4.78 is 0. The Labute approximate surface area is 138 Å². The predicted octanol–water partition coefficient (Wildman–Crippen LogP) is 2.37. The van der Waals surface area contributed by atoms with E-state index in [9.17, 15) is 9.90 Å². The van der Waals surface area contributed by atoms with Crippen molar-refractivity contribution in [2.75, 3.05) is 19.7 Å². The van der Waals surface area contributed by atoms with Gasteiger partial charge in [0.1, 0.15) is 0 Å². The van der Waals surface area contributed by atoms with Gasteiger partial charge >= 0.3 is 0 Å². The number of benzene rings is 1. The Morgan fingerprint density at radius 2 is 2.17 bits per heavy atom. The summed E-state index contributed by atoms with van der Waals surface area (Å²) in [5.74, 6) is 7.59. The summed E-state index contributed by atoms with van der Waals surface area (Å²) in [5, 5.41) is 9.44. The van der Waals surface area contributed by atoms with Crippen molar-refractivity contribution in [2.45, 2.75) is 25.8 Å². The van der Waals surface area contributed by atoms with Gasteiger partial charge in [0.25, 0.3) is 0 Å². The molecule has 3 saturated heterocycles. The number of rotatable bonds is 3. The van der Waals surface area contributed by atoms with Gasteiger partial charge in [-0.2, -0.15) is 0 Å². The molecule has 0 aliphatic carbocycles. The van der Waals surface area contributed by atoms with Gasteiger partial charge in [-0.15, -0.1) is 0 Å². The molecule has 1 aromatic carbocycles. The van der Waals surface area contributed by atoms with E-state index in [1.54, 1.807) is 13.0 Å². The molecule has 3 aliphatic heterocycles. The van der Waals surface area contributed by atoms with E-state index < -0.39 is 0 Å². The third-order valence-corrected chi connectivity index (χ3v) is 4.91. The Morgan fingerprint density at radius 1 is 1.39 bits per heavy atom. The minimum atomic E-state index is 0.0208. The number of fused-ring (bicyclic) bond motifs is 3. The Balaban J connectivity index is 1.80. The van der Waals surface area contributed by atoms with Gasteiger partial charge in [0.05, 0.1) is 6.61 Å². The molecule has 3 aliphatic rings. The molecule has 3 heterocycles. The first-order chi connectivity index (χ1) is 11.2. The highest BCUT2D eigenvalue weighted by Crippen LogP contribution is 2.35. The van der Waals surface area contributed by atoms with E-state index in [1.165, 1.54) is 0 Å². The van der Waals surface area contributed by atoms with E-state index in [0.29, 0.717) is 17.9 Å². The van der Waals surface area contributed by atoms with Gasteiger partial charge < -0.3 is 5.11 Å². The van der Waals surface area contributed by atoms with Crippen LogP contribution in [0, 0.1) is 23.7 Å². The van der Waals surface area contributed by atoms with E-state index in [0.717, 1.165) is 37.1 Å². The van der Waals surface area contributed by atoms with Crippen LogP contribution in [0.3, 0.4) is 0 Å². The van der Waals surface area contributed by atoms with Crippen LogP contribution in [0.25, 0.3) is 5.57 Å². The van der Waals surface area contributed by atoms with Gasteiger partial charge in [0.2, 0.25) is 0 Å². The molecular weight excluding hydrogens is 286 g/mol. The SMILES string of the molecule is CC(=O)/C=C(\C#C[C@H]1CN2CC[C@H]1C[C@@H]2CO)c1ccccc1. The summed E-state index contributed by atoms with van der Waals surface area (Å²) in [6.07, 6.45) is 3.82. The van der Waals surface area contributed by atoms with E-state index >= 15 is 0 Å². The van der Waals surface area contributed by atoms with Crippen molar-refractivity contribution < 1.29 is 9.90 Å². The van der Waals surface area contributed by atoms with E-state index in [-0.39, 0.29) is 12.4 Å². The Kier molecular flexibility index (Phi) is 4.95. The first-order valence-electron chi connectivity index (χ1n) is 8.31. The lowest BCUT2D eigenvalue weighted by molar-refractivity contribution is -0.112. The van der Waals surface area contributed by atoms with Crippen molar-refractivity contribution in [3.05, 3.63) is 42.0 Å². The summed E-state index contributed by atoms with van der Waals surface area (Å²) >= 11 is 0. The van der Waals surface area contributed by atoms with Crippen LogP contribution in [0.4, 0.5) is 0 Å². The minimum absolute atomic E-state index is 0.0208. The van der Waals surface area contributed by atoms with Crippen molar-refractivity contribution in [1.29, 1.82) is 0 Å². The molecule has 0 radical (unpaired) electrons. The largest absolute Gasteiger partial charge is 0.395 e. The van der Waals surface area contributed by atoms with Crippen LogP contribution in [0.2, 0.25) is 0 Å². The second-order valence-corrected chi connectivity index (χ2v) is 6.53. The number of aliphatic hydroxyl groups excluding tert-OH is 1. The second kappa shape index (κ2) is 7.12. The fourth-order valence-corrected chi connectivity index (χ4v) is 3.67. The monoisotopic (exact) mass is 309 g/mol. The maximum atomic E-state index is 11.5. The third kappa shape index (κ3) is 3.72. The van der Waals surface area contributed by atoms with Crippen LogP contribution in [0.5, 0.6) is 0 Å². The fraction of sp³-hybridized carbons (Fsp3) is 0.450. The summed E-state index contributed by atoms with van der Waals surface area (Å²) in [6.45, 7) is 3.81. The average molecular weight is 309 g/mol. The lowest BCUT2D eigenvalue weighted by Gasteiger charge is -2.47. The van der Waals surface area contributed by atoms with Gasteiger partial charge in [0, 0.05) is 24.1 Å². The first kappa shape index (κ1) is 16.0. The minimum Gasteiger partial charge on any atom is -0.395 e. The summed E-state index contributed by atoms with van der Waals surface area (Å²) in [4.78, 5) is 13.9. The number of allylic oxidation sites excluding steroid dienone is 2. The molecule has 0 amide bonds. The number of hydrogen-bond acceptors (Lipinski definition) is 3. The van der Waals surface area contributed by atoms with Crippen molar-refractivity contribution in [3.63, 3.8) is 0 Å². The Hall–Kier alpha value is -1.89. The van der Waals surface area contributed by atoms with Crippen LogP contribution >= 0.6 is 0 Å². The standard InChI is InChI=1S/C20H23NO2/c1-15(23)11-17(16-5-3-2-4-6-16)7-8-19-13-21-10-9-18(19)12-20(21)14-22/h2-6,11,18-20,22H,9-10,12-14H2,1H3/b17-11+/t18-,19-,20+/m0/s1. The molecule has 3 heteroatoms. The van der Waals surface area contributed by atoms with Crippen LogP contribution in [-0.2, 0) is 4.79 Å². The molecule has 1 N–H and O–H groups in total. The summed E-state index contributed by atoms with van der Waals surface area (Å²) in [5.41, 5.74) is 1.79. The zero-order valence-electron chi connectivity index (χ0n) is 13.5. The number of aliphatic hydroxyl groups is 1. The molecule has 23 heavy (non-hydrogen) atoms. The molecule has 3 nitrogen and oxygen atoms in total. The number of ketones is 1. The highest BCUT2D eigenvalue weighted by Gasteiger charge is 2.38. The molecule has 1 aromatic rings. The molecule has 2 bridgehead atoms. The Morgan fingerprint density at radius 3 is 2.78 bits per heavy atom. The van der Waals surface area contributed by atoms with Crippen molar-refractivity contribution in [2.24, 2.45) is 11.8 Å². The molecule has 4 rings (SSSR count). The lowest BCUT2D eigenvalue weighted by atomic mass is 9.76. The zero-order valence-corrected chi connectivity index (χ0v) is 13.5. The van der Waals surface area contributed by atoms with Crippen molar-refractivity contribution in [1.82, 2.24) is 4.90 Å². The van der Waals surface area contributed by atoms with Gasteiger partial charge in [-0.3, -0.25) is 9.69 Å². The third-order valence-electron chi connectivity index (χ3n) is 4.91. The topological polar surface area (TPSA) is 40.5 Å². The highest BCUT2D eigenvalue weighted by molar-refractivity contribution is 5.98. The smallest absolute Gasteiger partial charge is 0.153 e. The fourth-order valence-electron chi connectivity index (χ4n) is 3.67. The molecule has 120 valence electrons. The van der Waals surface area contributed by atoms with E-state index in [4.69, 9.17) is 0 Å². The van der Waals surface area contributed by atoms with Gasteiger partial charge in [-0.05, 0) is 43.9 Å². The molecule has 0 spiro atoms. The maximum Gasteiger partial charge on any atom is 0.153 e. The Bertz CT molecular complexity index is 653. The number of nitrogens with zero attached hydrogens (tertiary/aromatic N) is 1. The number of hydrogen-bond donors (Lipinski definition) is 1. The molecule has 4 atom stereocenters.